The zero-order valence-electron chi connectivity index (χ0n) is 13.1. The molecular formula is C17H16BrF3N2OS. The molecule has 0 aliphatic carbocycles. The van der Waals surface area contributed by atoms with Crippen molar-refractivity contribution in [3.8, 4) is 16.3 Å². The molecule has 3 rings (SSSR count). The molecule has 0 radical (unpaired) electrons. The van der Waals surface area contributed by atoms with Crippen LogP contribution in [0.25, 0.3) is 21.5 Å². The van der Waals surface area contributed by atoms with Gasteiger partial charge in [-0.15, -0.1) is 24.5 Å². The number of nitrogens with one attached hydrogen (secondary N) is 1. The van der Waals surface area contributed by atoms with Crippen LogP contribution in [0.2, 0.25) is 0 Å². The van der Waals surface area contributed by atoms with E-state index in [1.807, 2.05) is 11.4 Å². The first-order valence-electron chi connectivity index (χ1n) is 7.73. The van der Waals surface area contributed by atoms with E-state index in [9.17, 15) is 13.2 Å². The van der Waals surface area contributed by atoms with Gasteiger partial charge in [0, 0.05) is 15.4 Å². The van der Waals surface area contributed by atoms with Gasteiger partial charge in [-0.05, 0) is 76.9 Å². The molecule has 25 heavy (non-hydrogen) atoms. The Morgan fingerprint density at radius 2 is 2.00 bits per heavy atom. The zero-order valence-corrected chi connectivity index (χ0v) is 15.5. The van der Waals surface area contributed by atoms with E-state index < -0.39 is 6.36 Å². The quantitative estimate of drug-likeness (QED) is 0.480. The van der Waals surface area contributed by atoms with Crippen molar-refractivity contribution >= 4 is 38.2 Å². The molecule has 3 N–H and O–H groups in total. The summed E-state index contributed by atoms with van der Waals surface area (Å²) in [6.07, 6.45) is -2.25. The average Bonchev–Trinajstić information content (AvgIpc) is 3.09. The number of aromatic amines is 1. The Bertz CT molecular complexity index is 873. The molecule has 2 aromatic heterocycles. The van der Waals surface area contributed by atoms with E-state index in [-0.39, 0.29) is 5.75 Å². The van der Waals surface area contributed by atoms with Gasteiger partial charge in [0.2, 0.25) is 0 Å². The van der Waals surface area contributed by atoms with E-state index in [4.69, 9.17) is 5.73 Å². The number of aromatic nitrogens is 1. The van der Waals surface area contributed by atoms with E-state index in [1.165, 1.54) is 12.1 Å². The normalized spacial score (nSPS) is 12.0. The minimum atomic E-state index is -4.71. The van der Waals surface area contributed by atoms with Gasteiger partial charge in [-0.3, -0.25) is 0 Å². The fourth-order valence-electron chi connectivity index (χ4n) is 2.80. The minimum Gasteiger partial charge on any atom is -0.406 e. The summed E-state index contributed by atoms with van der Waals surface area (Å²) < 4.78 is 42.6. The molecule has 1 aromatic carbocycles. The number of ether oxygens (including phenoxy) is 1. The highest BCUT2D eigenvalue weighted by Gasteiger charge is 2.31. The Morgan fingerprint density at radius 1 is 1.20 bits per heavy atom. The van der Waals surface area contributed by atoms with Crippen LogP contribution in [-0.2, 0) is 6.42 Å². The van der Waals surface area contributed by atoms with Gasteiger partial charge >= 0.3 is 6.36 Å². The van der Waals surface area contributed by atoms with Crippen molar-refractivity contribution in [1.82, 2.24) is 4.98 Å². The number of thiophene rings is 1. The van der Waals surface area contributed by atoms with Crippen LogP contribution in [0.1, 0.15) is 18.4 Å². The van der Waals surface area contributed by atoms with Gasteiger partial charge in [0.25, 0.3) is 0 Å². The number of hydrogen-bond donors (Lipinski definition) is 2. The van der Waals surface area contributed by atoms with Crippen molar-refractivity contribution in [1.29, 1.82) is 0 Å². The third-order valence-electron chi connectivity index (χ3n) is 3.84. The molecule has 0 atom stereocenters. The summed E-state index contributed by atoms with van der Waals surface area (Å²) in [4.78, 5) is 4.36. The van der Waals surface area contributed by atoms with Crippen LogP contribution >= 0.6 is 27.3 Å². The first-order valence-corrected chi connectivity index (χ1v) is 9.40. The second-order valence-corrected chi connectivity index (χ2v) is 7.35. The molecule has 2 heterocycles. The Labute approximate surface area is 155 Å². The average molecular weight is 433 g/mol. The van der Waals surface area contributed by atoms with Crippen molar-refractivity contribution in [2.45, 2.75) is 25.6 Å². The summed E-state index contributed by atoms with van der Waals surface area (Å²) in [5.41, 5.74) is 8.27. The molecule has 3 aromatic rings. The molecule has 0 saturated carbocycles. The first-order chi connectivity index (χ1) is 11.9. The summed E-state index contributed by atoms with van der Waals surface area (Å²) in [7, 11) is 0. The van der Waals surface area contributed by atoms with Gasteiger partial charge in [-0.25, -0.2) is 0 Å². The third kappa shape index (κ3) is 4.19. The van der Waals surface area contributed by atoms with Crippen LogP contribution in [0.15, 0.2) is 34.1 Å². The lowest BCUT2D eigenvalue weighted by molar-refractivity contribution is -0.274. The summed E-state index contributed by atoms with van der Waals surface area (Å²) in [6.45, 7) is 0.586. The molecule has 0 amide bonds. The van der Waals surface area contributed by atoms with Crippen LogP contribution in [0, 0.1) is 0 Å². The topological polar surface area (TPSA) is 51.0 Å². The Balaban J connectivity index is 2.08. The molecule has 0 aliphatic heterocycles. The molecule has 8 heteroatoms. The van der Waals surface area contributed by atoms with E-state index >= 15 is 0 Å². The van der Waals surface area contributed by atoms with Crippen LogP contribution in [0.4, 0.5) is 13.2 Å². The lowest BCUT2D eigenvalue weighted by Crippen LogP contribution is -2.16. The number of hydrogen-bond acceptors (Lipinski definition) is 3. The van der Waals surface area contributed by atoms with Crippen molar-refractivity contribution in [2.75, 3.05) is 6.54 Å². The second-order valence-electron chi connectivity index (χ2n) is 5.58. The lowest BCUT2D eigenvalue weighted by atomic mass is 10.0. The van der Waals surface area contributed by atoms with Gasteiger partial charge in [-0.1, -0.05) is 0 Å². The predicted octanol–water partition coefficient (Wildman–Crippen LogP) is 5.84. The Morgan fingerprint density at radius 3 is 2.64 bits per heavy atom. The monoisotopic (exact) mass is 432 g/mol. The SMILES string of the molecule is NCCCCc1c(-c2sccc2Br)[nH]c2ccc(OC(F)(F)F)cc12. The fourth-order valence-corrected chi connectivity index (χ4v) is 4.39. The standard InChI is InChI=1S/C17H16BrF3N2OS/c18-13-6-8-25-16(13)15-11(3-1-2-7-22)12-9-10(24-17(19,20)21)4-5-14(12)23-15/h4-6,8-9,23H,1-3,7,22H2. The molecule has 0 saturated heterocycles. The predicted molar refractivity (Wildman–Crippen MR) is 98.0 cm³/mol. The molecule has 134 valence electrons. The molecule has 0 fully saturated rings. The molecule has 0 bridgehead atoms. The maximum absolute atomic E-state index is 12.5. The van der Waals surface area contributed by atoms with Crippen LogP contribution in [0.5, 0.6) is 5.75 Å². The maximum Gasteiger partial charge on any atom is 0.573 e. The van der Waals surface area contributed by atoms with Gasteiger partial charge < -0.3 is 15.5 Å². The van der Waals surface area contributed by atoms with E-state index in [1.54, 1.807) is 17.4 Å². The minimum absolute atomic E-state index is 0.212. The van der Waals surface area contributed by atoms with Gasteiger partial charge in [0.1, 0.15) is 5.75 Å². The first kappa shape index (κ1) is 18.3. The number of H-pyrrole nitrogens is 1. The molecular weight excluding hydrogens is 417 g/mol. The Hall–Kier alpha value is -1.51. The number of nitrogens with two attached hydrogens (primary N) is 1. The second kappa shape index (κ2) is 7.39. The number of benzene rings is 1. The number of alkyl halides is 3. The van der Waals surface area contributed by atoms with Crippen molar-refractivity contribution in [3.63, 3.8) is 0 Å². The lowest BCUT2D eigenvalue weighted by Gasteiger charge is -2.09. The van der Waals surface area contributed by atoms with Crippen LogP contribution in [-0.4, -0.2) is 17.9 Å². The summed E-state index contributed by atoms with van der Waals surface area (Å²) >= 11 is 5.10. The Kier molecular flexibility index (Phi) is 5.41. The van der Waals surface area contributed by atoms with E-state index in [0.717, 1.165) is 50.8 Å². The number of unbranched alkanes of at least 4 members (excludes halogenated alkanes) is 1. The number of fused-ring (bicyclic) bond motifs is 1. The molecule has 3 nitrogen and oxygen atoms in total. The van der Waals surface area contributed by atoms with Crippen molar-refractivity contribution < 1.29 is 17.9 Å². The summed E-state index contributed by atoms with van der Waals surface area (Å²) in [6, 6.07) is 6.34. The number of aryl methyl sites for hydroxylation is 1. The largest absolute Gasteiger partial charge is 0.573 e. The highest BCUT2D eigenvalue weighted by molar-refractivity contribution is 9.10. The van der Waals surface area contributed by atoms with Gasteiger partial charge in [0.15, 0.2) is 0 Å². The zero-order chi connectivity index (χ0) is 18.0. The van der Waals surface area contributed by atoms with Gasteiger partial charge in [0.05, 0.1) is 10.6 Å². The van der Waals surface area contributed by atoms with Crippen LogP contribution in [0.3, 0.4) is 0 Å². The molecule has 0 unspecified atom stereocenters. The number of halogens is 4. The third-order valence-corrected chi connectivity index (χ3v) is 5.69. The molecule has 0 aliphatic rings. The van der Waals surface area contributed by atoms with Crippen LogP contribution < -0.4 is 10.5 Å². The smallest absolute Gasteiger partial charge is 0.406 e. The van der Waals surface area contributed by atoms with E-state index in [2.05, 4.69) is 25.7 Å². The van der Waals surface area contributed by atoms with Crippen molar-refractivity contribution in [3.05, 3.63) is 39.7 Å². The van der Waals surface area contributed by atoms with Gasteiger partial charge in [-0.2, -0.15) is 0 Å². The van der Waals surface area contributed by atoms with Crippen molar-refractivity contribution in [2.24, 2.45) is 5.73 Å². The summed E-state index contributed by atoms with van der Waals surface area (Å²) in [5.74, 6) is -0.212. The molecule has 0 spiro atoms. The fraction of sp³-hybridized carbons (Fsp3) is 0.294. The van der Waals surface area contributed by atoms with E-state index in [0.29, 0.717) is 6.54 Å². The summed E-state index contributed by atoms with van der Waals surface area (Å²) in [5, 5.41) is 2.71. The highest BCUT2D eigenvalue weighted by atomic mass is 79.9. The maximum atomic E-state index is 12.5. The highest BCUT2D eigenvalue weighted by Crippen LogP contribution is 2.40. The number of rotatable bonds is 6.